The topological polar surface area (TPSA) is 74.6 Å². The van der Waals surface area contributed by atoms with Crippen molar-refractivity contribution in [3.8, 4) is 0 Å². The molecule has 1 unspecified atom stereocenters. The fourth-order valence-corrected chi connectivity index (χ4v) is 5.18. The Labute approximate surface area is 164 Å². The minimum Gasteiger partial charge on any atom is -0.477 e. The van der Waals surface area contributed by atoms with Gasteiger partial charge in [0.1, 0.15) is 5.56 Å². The maximum atomic E-state index is 12.8. The van der Waals surface area contributed by atoms with E-state index < -0.39 is 5.97 Å². The zero-order valence-corrected chi connectivity index (χ0v) is 16.5. The van der Waals surface area contributed by atoms with E-state index in [0.29, 0.717) is 22.9 Å². The van der Waals surface area contributed by atoms with Crippen LogP contribution in [0.25, 0.3) is 10.9 Å². The molecule has 0 bridgehead atoms. The quantitative estimate of drug-likeness (QED) is 0.833. The van der Waals surface area contributed by atoms with Gasteiger partial charge < -0.3 is 19.9 Å². The van der Waals surface area contributed by atoms with E-state index >= 15 is 0 Å². The Balaban J connectivity index is 1.60. The van der Waals surface area contributed by atoms with Crippen molar-refractivity contribution in [1.29, 1.82) is 0 Å². The first-order valence-electron chi connectivity index (χ1n) is 10.3. The van der Waals surface area contributed by atoms with Gasteiger partial charge in [0.05, 0.1) is 5.52 Å². The van der Waals surface area contributed by atoms with Gasteiger partial charge in [-0.2, -0.15) is 0 Å². The summed E-state index contributed by atoms with van der Waals surface area (Å²) in [6.07, 6.45) is 7.35. The van der Waals surface area contributed by atoms with Gasteiger partial charge in [-0.1, -0.05) is 0 Å². The third-order valence-corrected chi connectivity index (χ3v) is 7.19. The Morgan fingerprint density at radius 1 is 1.25 bits per heavy atom. The van der Waals surface area contributed by atoms with E-state index in [9.17, 15) is 14.7 Å². The maximum Gasteiger partial charge on any atom is 0.341 e. The van der Waals surface area contributed by atoms with Crippen molar-refractivity contribution in [2.75, 3.05) is 25.0 Å². The lowest BCUT2D eigenvalue weighted by molar-refractivity contribution is 0.0695. The molecular weight excluding hydrogens is 354 g/mol. The Morgan fingerprint density at radius 2 is 2.00 bits per heavy atom. The number of carboxylic acid groups (broad SMARTS) is 1. The van der Waals surface area contributed by atoms with Crippen molar-refractivity contribution < 1.29 is 9.90 Å². The number of fused-ring (bicyclic) bond motifs is 1. The van der Waals surface area contributed by atoms with Crippen LogP contribution in [0.2, 0.25) is 0 Å². The second kappa shape index (κ2) is 6.08. The second-order valence-electron chi connectivity index (χ2n) is 8.76. The van der Waals surface area contributed by atoms with E-state index in [1.165, 1.54) is 24.9 Å². The molecule has 2 aromatic rings. The molecule has 1 aromatic heterocycles. The van der Waals surface area contributed by atoms with Gasteiger partial charge in [0.25, 0.3) is 0 Å². The monoisotopic (exact) mass is 381 g/mol. The Bertz CT molecular complexity index is 1030. The van der Waals surface area contributed by atoms with Crippen LogP contribution in [-0.2, 0) is 0 Å². The normalized spacial score (nSPS) is 23.4. The van der Waals surface area contributed by atoms with Gasteiger partial charge in [0, 0.05) is 41.9 Å². The number of nitrogens with one attached hydrogen (secondary N) is 1. The van der Waals surface area contributed by atoms with Crippen LogP contribution in [0.1, 0.15) is 54.1 Å². The summed E-state index contributed by atoms with van der Waals surface area (Å²) in [7, 11) is 2.07. The van der Waals surface area contributed by atoms with E-state index in [-0.39, 0.29) is 11.0 Å². The van der Waals surface area contributed by atoms with Gasteiger partial charge in [0.15, 0.2) is 0 Å². The number of hydrogen-bond acceptors (Lipinski definition) is 4. The third kappa shape index (κ3) is 2.58. The zero-order valence-electron chi connectivity index (χ0n) is 16.5. The van der Waals surface area contributed by atoms with E-state index in [0.717, 1.165) is 37.0 Å². The molecule has 1 aromatic carbocycles. The van der Waals surface area contributed by atoms with Crippen LogP contribution in [-0.4, -0.2) is 41.3 Å². The van der Waals surface area contributed by atoms with Gasteiger partial charge >= 0.3 is 5.97 Å². The maximum absolute atomic E-state index is 12.8. The van der Waals surface area contributed by atoms with Gasteiger partial charge in [-0.3, -0.25) is 4.79 Å². The van der Waals surface area contributed by atoms with Crippen LogP contribution < -0.4 is 15.6 Å². The van der Waals surface area contributed by atoms with Crippen molar-refractivity contribution in [2.45, 2.75) is 50.6 Å². The van der Waals surface area contributed by atoms with Crippen LogP contribution in [0.15, 0.2) is 23.1 Å². The lowest BCUT2D eigenvalue weighted by Crippen LogP contribution is -2.37. The Kier molecular flexibility index (Phi) is 3.85. The molecule has 1 aliphatic heterocycles. The zero-order chi connectivity index (χ0) is 19.6. The molecule has 2 aliphatic carbocycles. The highest BCUT2D eigenvalue weighted by Crippen LogP contribution is 2.47. The summed E-state index contributed by atoms with van der Waals surface area (Å²) < 4.78 is 2.04. The number of carbonyl (C=O) groups is 1. The number of aromatic carboxylic acids is 1. The molecule has 5 rings (SSSR count). The van der Waals surface area contributed by atoms with Gasteiger partial charge in [0.2, 0.25) is 5.43 Å². The molecule has 1 saturated heterocycles. The Morgan fingerprint density at radius 3 is 2.61 bits per heavy atom. The van der Waals surface area contributed by atoms with Crippen molar-refractivity contribution in [1.82, 2.24) is 9.88 Å². The van der Waals surface area contributed by atoms with E-state index in [1.807, 2.05) is 16.7 Å². The summed E-state index contributed by atoms with van der Waals surface area (Å²) in [6, 6.07) is 4.16. The molecular formula is C22H27N3O3. The third-order valence-electron chi connectivity index (χ3n) is 7.19. The summed E-state index contributed by atoms with van der Waals surface area (Å²) in [5.74, 6) is -0.486. The first-order chi connectivity index (χ1) is 13.4. The van der Waals surface area contributed by atoms with Crippen LogP contribution in [0, 0.1) is 12.8 Å². The van der Waals surface area contributed by atoms with Gasteiger partial charge in [-0.15, -0.1) is 0 Å². The van der Waals surface area contributed by atoms with Crippen LogP contribution in [0.4, 0.5) is 5.69 Å². The number of aryl methyl sites for hydroxylation is 1. The van der Waals surface area contributed by atoms with E-state index in [4.69, 9.17) is 0 Å². The predicted molar refractivity (Wildman–Crippen MR) is 110 cm³/mol. The average Bonchev–Trinajstić information content (AvgIpc) is 3.61. The minimum atomic E-state index is -1.15. The van der Waals surface area contributed by atoms with E-state index in [1.54, 1.807) is 6.20 Å². The average molecular weight is 381 g/mol. The number of hydrogen-bond donors (Lipinski definition) is 2. The minimum absolute atomic E-state index is 0.127. The summed E-state index contributed by atoms with van der Waals surface area (Å²) in [4.78, 5) is 26.8. The van der Waals surface area contributed by atoms with E-state index in [2.05, 4.69) is 24.2 Å². The van der Waals surface area contributed by atoms with Crippen LogP contribution in [0.5, 0.6) is 0 Å². The molecule has 2 saturated carbocycles. The summed E-state index contributed by atoms with van der Waals surface area (Å²) in [5.41, 5.74) is 3.00. The lowest BCUT2D eigenvalue weighted by atomic mass is 9.96. The summed E-state index contributed by atoms with van der Waals surface area (Å²) in [5, 5.41) is 13.5. The van der Waals surface area contributed by atoms with Crippen molar-refractivity contribution >= 4 is 22.6 Å². The molecule has 3 fully saturated rings. The fraction of sp³-hybridized carbons (Fsp3) is 0.545. The van der Waals surface area contributed by atoms with Crippen molar-refractivity contribution in [2.24, 2.45) is 5.92 Å². The van der Waals surface area contributed by atoms with Gasteiger partial charge in [-0.25, -0.2) is 4.79 Å². The van der Waals surface area contributed by atoms with Crippen molar-refractivity contribution in [3.05, 3.63) is 39.7 Å². The highest BCUT2D eigenvalue weighted by atomic mass is 16.4. The number of carboxylic acids is 1. The van der Waals surface area contributed by atoms with Crippen LogP contribution in [0.3, 0.4) is 0 Å². The largest absolute Gasteiger partial charge is 0.477 e. The smallest absolute Gasteiger partial charge is 0.341 e. The number of pyridine rings is 1. The molecule has 6 nitrogen and oxygen atoms in total. The number of anilines is 1. The summed E-state index contributed by atoms with van der Waals surface area (Å²) >= 11 is 0. The molecule has 1 atom stereocenters. The highest BCUT2D eigenvalue weighted by Gasteiger charge is 2.50. The fourth-order valence-electron chi connectivity index (χ4n) is 5.18. The molecule has 28 heavy (non-hydrogen) atoms. The summed E-state index contributed by atoms with van der Waals surface area (Å²) in [6.45, 7) is 4.14. The molecule has 2 heterocycles. The highest BCUT2D eigenvalue weighted by molar-refractivity contribution is 5.95. The number of rotatable bonds is 5. The predicted octanol–water partition coefficient (Wildman–Crippen LogP) is 2.92. The SMILES string of the molecule is CNC1(C2CCN(c3ccc4c(=O)c(C(=O)O)cn(C5CC5)c4c3C)C2)CC1. The molecule has 0 radical (unpaired) electrons. The number of benzene rings is 1. The van der Waals surface area contributed by atoms with Gasteiger partial charge in [-0.05, 0) is 69.7 Å². The lowest BCUT2D eigenvalue weighted by Gasteiger charge is -2.26. The molecule has 148 valence electrons. The molecule has 3 aliphatic rings. The van der Waals surface area contributed by atoms with Crippen LogP contribution >= 0.6 is 0 Å². The Hall–Kier alpha value is -2.34. The molecule has 0 spiro atoms. The molecule has 6 heteroatoms. The second-order valence-corrected chi connectivity index (χ2v) is 8.76. The molecule has 0 amide bonds. The number of nitrogens with zero attached hydrogens (tertiary/aromatic N) is 2. The number of aromatic nitrogens is 1. The van der Waals surface area contributed by atoms with Crippen molar-refractivity contribution in [3.63, 3.8) is 0 Å². The standard InChI is InChI=1S/C22H27N3O3/c1-13-18(24-10-7-14(11-24)22(23-2)8-9-22)6-5-16-19(13)25(15-3-4-15)12-17(20(16)26)21(27)28/h5-6,12,14-15,23H,3-4,7-11H2,1-2H3,(H,27,28). The molecule has 2 N–H and O–H groups in total. The first-order valence-corrected chi connectivity index (χ1v) is 10.3. The first kappa shape index (κ1) is 17.7.